The van der Waals surface area contributed by atoms with E-state index in [2.05, 4.69) is 9.72 Å². The van der Waals surface area contributed by atoms with Gasteiger partial charge < -0.3 is 9.72 Å². The predicted octanol–water partition coefficient (Wildman–Crippen LogP) is 3.57. The molecule has 0 aliphatic heterocycles. The molecule has 0 bridgehead atoms. The van der Waals surface area contributed by atoms with Crippen molar-refractivity contribution in [2.45, 2.75) is 6.92 Å². The van der Waals surface area contributed by atoms with Crippen LogP contribution >= 0.6 is 23.2 Å². The molecule has 1 heterocycles. The molecule has 0 unspecified atom stereocenters. The lowest BCUT2D eigenvalue weighted by Crippen LogP contribution is -2.02. The Morgan fingerprint density at radius 3 is 2.50 bits per heavy atom. The molecule has 16 heavy (non-hydrogen) atoms. The van der Waals surface area contributed by atoms with E-state index in [1.807, 2.05) is 0 Å². The van der Waals surface area contributed by atoms with Crippen molar-refractivity contribution in [1.29, 1.82) is 0 Å². The number of aryl methyl sites for hydroxylation is 1. The molecule has 3 nitrogen and oxygen atoms in total. The fraction of sp³-hybridized carbons (Fsp3) is 0.182. The van der Waals surface area contributed by atoms with Gasteiger partial charge in [0.25, 0.3) is 0 Å². The van der Waals surface area contributed by atoms with Gasteiger partial charge in [-0.05, 0) is 24.6 Å². The van der Waals surface area contributed by atoms with Crippen LogP contribution in [0.4, 0.5) is 0 Å². The quantitative estimate of drug-likeness (QED) is 0.794. The van der Waals surface area contributed by atoms with Gasteiger partial charge in [0.15, 0.2) is 0 Å². The molecule has 84 valence electrons. The smallest absolute Gasteiger partial charge is 0.354 e. The van der Waals surface area contributed by atoms with E-state index >= 15 is 0 Å². The second-order valence-electron chi connectivity index (χ2n) is 3.40. The topological polar surface area (TPSA) is 42.1 Å². The minimum atomic E-state index is -0.430. The lowest BCUT2D eigenvalue weighted by atomic mass is 10.1. The molecule has 1 aromatic carbocycles. The Morgan fingerprint density at radius 1 is 1.31 bits per heavy atom. The van der Waals surface area contributed by atoms with Crippen molar-refractivity contribution < 1.29 is 9.53 Å². The molecule has 2 rings (SSSR count). The minimum absolute atomic E-state index is 0.382. The molecule has 2 aromatic rings. The number of carbonyl (C=O) groups is 1. The van der Waals surface area contributed by atoms with Gasteiger partial charge in [-0.25, -0.2) is 4.79 Å². The normalized spacial score (nSPS) is 10.8. The summed E-state index contributed by atoms with van der Waals surface area (Å²) in [5, 5.41) is 1.84. The summed E-state index contributed by atoms with van der Waals surface area (Å²) in [5.41, 5.74) is 1.79. The molecule has 0 aliphatic rings. The van der Waals surface area contributed by atoms with Crippen LogP contribution in [0.15, 0.2) is 12.1 Å². The van der Waals surface area contributed by atoms with E-state index in [1.54, 1.807) is 19.1 Å². The molecule has 0 amide bonds. The van der Waals surface area contributed by atoms with Crippen LogP contribution < -0.4 is 0 Å². The highest BCUT2D eigenvalue weighted by molar-refractivity contribution is 6.40. The number of esters is 1. The molecule has 0 saturated heterocycles. The van der Waals surface area contributed by atoms with Crippen LogP contribution in [-0.4, -0.2) is 18.1 Å². The third kappa shape index (κ3) is 1.56. The van der Waals surface area contributed by atoms with E-state index in [9.17, 15) is 4.79 Å². The van der Waals surface area contributed by atoms with Crippen LogP contribution in [0.25, 0.3) is 10.9 Å². The number of hydrogen-bond acceptors (Lipinski definition) is 2. The third-order valence-corrected chi connectivity index (χ3v) is 3.12. The number of ether oxygens (including phenoxy) is 1. The molecule has 0 fully saturated rings. The summed E-state index contributed by atoms with van der Waals surface area (Å²) in [6, 6.07) is 3.39. The number of hydrogen-bond donors (Lipinski definition) is 1. The number of H-pyrrole nitrogens is 1. The highest BCUT2D eigenvalue weighted by atomic mass is 35.5. The van der Waals surface area contributed by atoms with Crippen molar-refractivity contribution in [3.63, 3.8) is 0 Å². The van der Waals surface area contributed by atoms with Gasteiger partial charge >= 0.3 is 5.97 Å². The zero-order chi connectivity index (χ0) is 11.9. The van der Waals surface area contributed by atoms with Crippen molar-refractivity contribution >= 4 is 40.1 Å². The molecular formula is C11H9Cl2NO2. The largest absolute Gasteiger partial charge is 0.464 e. The zero-order valence-corrected chi connectivity index (χ0v) is 10.2. The molecule has 0 atom stereocenters. The van der Waals surface area contributed by atoms with Crippen LogP contribution in [0, 0.1) is 6.92 Å². The third-order valence-electron chi connectivity index (χ3n) is 2.49. The number of carbonyl (C=O) groups excluding carboxylic acids is 1. The predicted molar refractivity (Wildman–Crippen MR) is 64.4 cm³/mol. The summed E-state index contributed by atoms with van der Waals surface area (Å²) in [6.07, 6.45) is 0. The minimum Gasteiger partial charge on any atom is -0.464 e. The van der Waals surface area contributed by atoms with Crippen LogP contribution in [0.1, 0.15) is 16.1 Å². The first-order chi connectivity index (χ1) is 7.56. The first kappa shape index (κ1) is 11.3. The van der Waals surface area contributed by atoms with E-state index < -0.39 is 5.97 Å². The standard InChI is InChI=1S/C11H9Cl2NO2/c1-5-8-6(12)3-4-7(13)10(8)14-9(5)11(15)16-2/h3-4,14H,1-2H3. The second kappa shape index (κ2) is 4.00. The van der Waals surface area contributed by atoms with Gasteiger partial charge in [-0.3, -0.25) is 0 Å². The summed E-state index contributed by atoms with van der Waals surface area (Å²) in [7, 11) is 1.33. The van der Waals surface area contributed by atoms with E-state index in [1.165, 1.54) is 7.11 Å². The van der Waals surface area contributed by atoms with Crippen molar-refractivity contribution in [3.05, 3.63) is 33.4 Å². The molecule has 0 saturated carbocycles. The SMILES string of the molecule is COC(=O)c1[nH]c2c(Cl)ccc(Cl)c2c1C. The summed E-state index contributed by atoms with van der Waals surface area (Å²) in [5.74, 6) is -0.430. The van der Waals surface area contributed by atoms with Crippen LogP contribution in [0.2, 0.25) is 10.0 Å². The fourth-order valence-electron chi connectivity index (χ4n) is 1.69. The number of nitrogens with one attached hydrogen (secondary N) is 1. The average Bonchev–Trinajstić information content (AvgIpc) is 2.62. The van der Waals surface area contributed by atoms with E-state index in [0.717, 1.165) is 10.9 Å². The zero-order valence-electron chi connectivity index (χ0n) is 8.73. The van der Waals surface area contributed by atoms with Crippen molar-refractivity contribution in [2.24, 2.45) is 0 Å². The van der Waals surface area contributed by atoms with Gasteiger partial charge in [0, 0.05) is 5.39 Å². The van der Waals surface area contributed by atoms with E-state index in [-0.39, 0.29) is 0 Å². The first-order valence-corrected chi connectivity index (χ1v) is 5.36. The molecule has 1 N–H and O–H groups in total. The lowest BCUT2D eigenvalue weighted by molar-refractivity contribution is 0.0594. The molecule has 0 spiro atoms. The summed E-state index contributed by atoms with van der Waals surface area (Å²) in [4.78, 5) is 14.4. The van der Waals surface area contributed by atoms with E-state index in [0.29, 0.717) is 21.3 Å². The average molecular weight is 258 g/mol. The number of halogens is 2. The Labute approximate surface area is 102 Å². The first-order valence-electron chi connectivity index (χ1n) is 4.61. The number of rotatable bonds is 1. The molecule has 5 heteroatoms. The van der Waals surface area contributed by atoms with Gasteiger partial charge in [-0.1, -0.05) is 23.2 Å². The molecule has 1 aromatic heterocycles. The number of benzene rings is 1. The monoisotopic (exact) mass is 257 g/mol. The highest BCUT2D eigenvalue weighted by Crippen LogP contribution is 2.33. The Hall–Kier alpha value is -1.19. The molecular weight excluding hydrogens is 249 g/mol. The van der Waals surface area contributed by atoms with Crippen LogP contribution in [-0.2, 0) is 4.74 Å². The van der Waals surface area contributed by atoms with E-state index in [4.69, 9.17) is 23.2 Å². The number of fused-ring (bicyclic) bond motifs is 1. The van der Waals surface area contributed by atoms with Gasteiger partial charge in [0.2, 0.25) is 0 Å². The summed E-state index contributed by atoms with van der Waals surface area (Å²) < 4.78 is 4.67. The van der Waals surface area contributed by atoms with Crippen molar-refractivity contribution in [3.8, 4) is 0 Å². The van der Waals surface area contributed by atoms with Gasteiger partial charge in [0.05, 0.1) is 22.7 Å². The number of aromatic nitrogens is 1. The summed E-state index contributed by atoms with van der Waals surface area (Å²) >= 11 is 12.1. The maximum Gasteiger partial charge on any atom is 0.354 e. The van der Waals surface area contributed by atoms with Gasteiger partial charge in [-0.2, -0.15) is 0 Å². The maximum atomic E-state index is 11.5. The Kier molecular flexibility index (Phi) is 2.82. The van der Waals surface area contributed by atoms with Gasteiger partial charge in [-0.15, -0.1) is 0 Å². The lowest BCUT2D eigenvalue weighted by Gasteiger charge is -1.97. The Morgan fingerprint density at radius 2 is 1.94 bits per heavy atom. The number of methoxy groups -OCH3 is 1. The molecule has 0 radical (unpaired) electrons. The second-order valence-corrected chi connectivity index (χ2v) is 4.21. The van der Waals surface area contributed by atoms with Crippen LogP contribution in [0.5, 0.6) is 0 Å². The Balaban J connectivity index is 2.82. The number of aromatic amines is 1. The Bertz CT molecular complexity index is 575. The highest BCUT2D eigenvalue weighted by Gasteiger charge is 2.18. The van der Waals surface area contributed by atoms with Crippen molar-refractivity contribution in [1.82, 2.24) is 4.98 Å². The fourth-order valence-corrected chi connectivity index (χ4v) is 2.19. The van der Waals surface area contributed by atoms with Crippen molar-refractivity contribution in [2.75, 3.05) is 7.11 Å². The van der Waals surface area contributed by atoms with Crippen LogP contribution in [0.3, 0.4) is 0 Å². The maximum absolute atomic E-state index is 11.5. The summed E-state index contributed by atoms with van der Waals surface area (Å²) in [6.45, 7) is 1.80. The molecule has 0 aliphatic carbocycles. The van der Waals surface area contributed by atoms with Gasteiger partial charge in [0.1, 0.15) is 5.69 Å².